The minimum atomic E-state index is 0.0922. The normalized spacial score (nSPS) is 22.7. The number of benzene rings is 1. The Kier molecular flexibility index (Phi) is 5.21. The Morgan fingerprint density at radius 1 is 1.26 bits per heavy atom. The first kappa shape index (κ1) is 16.3. The predicted octanol–water partition coefficient (Wildman–Crippen LogP) is 3.03. The fraction of sp³-hybridized carbons (Fsp3) is 0.632. The Morgan fingerprint density at radius 2 is 2.00 bits per heavy atom. The van der Waals surface area contributed by atoms with E-state index in [0.717, 1.165) is 55.9 Å². The molecule has 1 aromatic carbocycles. The Hall–Kier alpha value is -1.55. The molecule has 2 aliphatic rings. The summed E-state index contributed by atoms with van der Waals surface area (Å²) in [5.41, 5.74) is 0.734. The van der Waals surface area contributed by atoms with E-state index in [1.54, 1.807) is 0 Å². The number of carbonyl (C=O) groups excluding carboxylic acids is 1. The number of rotatable bonds is 8. The van der Waals surface area contributed by atoms with Crippen LogP contribution in [-0.4, -0.2) is 54.5 Å². The van der Waals surface area contributed by atoms with E-state index in [4.69, 9.17) is 4.74 Å². The summed E-state index contributed by atoms with van der Waals surface area (Å²) >= 11 is 0. The van der Waals surface area contributed by atoms with Gasteiger partial charge in [0.15, 0.2) is 0 Å². The summed E-state index contributed by atoms with van der Waals surface area (Å²) in [6.45, 7) is 8.67. The van der Waals surface area contributed by atoms with Crippen molar-refractivity contribution >= 4 is 5.91 Å². The van der Waals surface area contributed by atoms with Gasteiger partial charge in [-0.25, -0.2) is 0 Å². The second-order valence-corrected chi connectivity index (χ2v) is 6.59. The standard InChI is InChI=1S/C19H28N2O2/c1-3-20(4-2)19(22)15-6-8-17(9-7-15)23-13-5-11-21-12-10-16-14-18(16)21/h6-9,16,18H,3-5,10-14H2,1-2H3/t16-,18+/m0/s1. The molecule has 0 bridgehead atoms. The molecule has 0 N–H and O–H groups in total. The van der Waals surface area contributed by atoms with Crippen molar-refractivity contribution < 1.29 is 9.53 Å². The molecular weight excluding hydrogens is 288 g/mol. The molecule has 1 saturated heterocycles. The van der Waals surface area contributed by atoms with E-state index in [0.29, 0.717) is 0 Å². The van der Waals surface area contributed by atoms with Gasteiger partial charge < -0.3 is 9.64 Å². The largest absolute Gasteiger partial charge is 0.494 e. The molecule has 1 aliphatic carbocycles. The lowest BCUT2D eigenvalue weighted by Crippen LogP contribution is -2.30. The first-order valence-corrected chi connectivity index (χ1v) is 8.99. The van der Waals surface area contributed by atoms with Gasteiger partial charge >= 0.3 is 0 Å². The average molecular weight is 316 g/mol. The van der Waals surface area contributed by atoms with Gasteiger partial charge in [0.25, 0.3) is 5.91 Å². The predicted molar refractivity (Wildman–Crippen MR) is 91.9 cm³/mol. The van der Waals surface area contributed by atoms with Gasteiger partial charge in [0.1, 0.15) is 5.75 Å². The van der Waals surface area contributed by atoms with Crippen LogP contribution in [0, 0.1) is 5.92 Å². The van der Waals surface area contributed by atoms with Gasteiger partial charge in [-0.3, -0.25) is 9.69 Å². The van der Waals surface area contributed by atoms with Gasteiger partial charge in [0.05, 0.1) is 6.61 Å². The number of hydrogen-bond acceptors (Lipinski definition) is 3. The third kappa shape index (κ3) is 3.86. The molecule has 0 spiro atoms. The summed E-state index contributed by atoms with van der Waals surface area (Å²) in [5.74, 6) is 1.95. The average Bonchev–Trinajstić information content (AvgIpc) is 3.26. The topological polar surface area (TPSA) is 32.8 Å². The maximum Gasteiger partial charge on any atom is 0.253 e. The Morgan fingerprint density at radius 3 is 2.57 bits per heavy atom. The lowest BCUT2D eigenvalue weighted by molar-refractivity contribution is 0.0773. The van der Waals surface area contributed by atoms with Crippen LogP contribution in [-0.2, 0) is 0 Å². The van der Waals surface area contributed by atoms with Crippen molar-refractivity contribution in [2.45, 2.75) is 39.2 Å². The van der Waals surface area contributed by atoms with Crippen molar-refractivity contribution in [3.63, 3.8) is 0 Å². The molecular formula is C19H28N2O2. The number of hydrogen-bond donors (Lipinski definition) is 0. The van der Waals surface area contributed by atoms with E-state index in [1.807, 2.05) is 43.0 Å². The van der Waals surface area contributed by atoms with E-state index in [-0.39, 0.29) is 5.91 Å². The first-order chi connectivity index (χ1) is 11.2. The fourth-order valence-electron chi connectivity index (χ4n) is 3.61. The highest BCUT2D eigenvalue weighted by Crippen LogP contribution is 2.44. The lowest BCUT2D eigenvalue weighted by atomic mass is 10.2. The van der Waals surface area contributed by atoms with Gasteiger partial charge in [-0.1, -0.05) is 0 Å². The molecule has 1 amide bonds. The summed E-state index contributed by atoms with van der Waals surface area (Å²) < 4.78 is 5.81. The molecule has 2 fully saturated rings. The molecule has 0 radical (unpaired) electrons. The second kappa shape index (κ2) is 7.35. The Labute approximate surface area is 139 Å². The summed E-state index contributed by atoms with van der Waals surface area (Å²) in [5, 5.41) is 0. The molecule has 4 heteroatoms. The van der Waals surface area contributed by atoms with Gasteiger partial charge in [0.2, 0.25) is 0 Å². The van der Waals surface area contributed by atoms with E-state index in [2.05, 4.69) is 4.90 Å². The highest BCUT2D eigenvalue weighted by molar-refractivity contribution is 5.94. The van der Waals surface area contributed by atoms with Crippen LogP contribution in [0.4, 0.5) is 0 Å². The maximum atomic E-state index is 12.2. The maximum absolute atomic E-state index is 12.2. The number of piperidine rings is 1. The van der Waals surface area contributed by atoms with Crippen molar-refractivity contribution in [2.24, 2.45) is 5.92 Å². The molecule has 2 atom stereocenters. The molecule has 1 aromatic rings. The number of amides is 1. The third-order valence-corrected chi connectivity index (χ3v) is 5.15. The molecule has 4 nitrogen and oxygen atoms in total. The van der Waals surface area contributed by atoms with Crippen LogP contribution in [0.5, 0.6) is 5.75 Å². The van der Waals surface area contributed by atoms with Crippen molar-refractivity contribution in [1.82, 2.24) is 9.80 Å². The Balaban J connectivity index is 1.41. The summed E-state index contributed by atoms with van der Waals surface area (Å²) in [6.07, 6.45) is 3.89. The number of fused-ring (bicyclic) bond motifs is 1. The highest BCUT2D eigenvalue weighted by atomic mass is 16.5. The van der Waals surface area contributed by atoms with Gasteiger partial charge in [0, 0.05) is 31.2 Å². The van der Waals surface area contributed by atoms with Crippen LogP contribution >= 0.6 is 0 Å². The fourth-order valence-corrected chi connectivity index (χ4v) is 3.61. The molecule has 126 valence electrons. The van der Waals surface area contributed by atoms with Crippen molar-refractivity contribution in [1.29, 1.82) is 0 Å². The zero-order valence-electron chi connectivity index (χ0n) is 14.3. The smallest absolute Gasteiger partial charge is 0.253 e. The number of ether oxygens (including phenoxy) is 1. The van der Waals surface area contributed by atoms with Gasteiger partial charge in [-0.15, -0.1) is 0 Å². The monoisotopic (exact) mass is 316 g/mol. The number of likely N-dealkylation sites (tertiary alicyclic amines) is 1. The number of nitrogens with zero attached hydrogens (tertiary/aromatic N) is 2. The zero-order chi connectivity index (χ0) is 16.2. The van der Waals surface area contributed by atoms with Crippen LogP contribution in [0.25, 0.3) is 0 Å². The van der Waals surface area contributed by atoms with E-state index in [9.17, 15) is 4.79 Å². The molecule has 1 aliphatic heterocycles. The summed E-state index contributed by atoms with van der Waals surface area (Å²) in [6, 6.07) is 8.43. The van der Waals surface area contributed by atoms with E-state index < -0.39 is 0 Å². The number of carbonyl (C=O) groups is 1. The third-order valence-electron chi connectivity index (χ3n) is 5.15. The van der Waals surface area contributed by atoms with Gasteiger partial charge in [-0.2, -0.15) is 0 Å². The molecule has 1 saturated carbocycles. The minimum absolute atomic E-state index is 0.0922. The summed E-state index contributed by atoms with van der Waals surface area (Å²) in [7, 11) is 0. The van der Waals surface area contributed by atoms with E-state index >= 15 is 0 Å². The van der Waals surface area contributed by atoms with Crippen LogP contribution < -0.4 is 4.74 Å². The molecule has 1 heterocycles. The first-order valence-electron chi connectivity index (χ1n) is 8.99. The molecule has 23 heavy (non-hydrogen) atoms. The molecule has 3 rings (SSSR count). The van der Waals surface area contributed by atoms with Crippen molar-refractivity contribution in [3.8, 4) is 5.75 Å². The quantitative estimate of drug-likeness (QED) is 0.691. The van der Waals surface area contributed by atoms with Gasteiger partial charge in [-0.05, 0) is 69.8 Å². The highest BCUT2D eigenvalue weighted by Gasteiger charge is 2.46. The van der Waals surface area contributed by atoms with Crippen LogP contribution in [0.3, 0.4) is 0 Å². The molecule has 0 unspecified atom stereocenters. The minimum Gasteiger partial charge on any atom is -0.494 e. The van der Waals surface area contributed by atoms with Crippen LogP contribution in [0.15, 0.2) is 24.3 Å². The zero-order valence-corrected chi connectivity index (χ0v) is 14.3. The lowest BCUT2D eigenvalue weighted by Gasteiger charge is -2.19. The van der Waals surface area contributed by atoms with Crippen molar-refractivity contribution in [3.05, 3.63) is 29.8 Å². The summed E-state index contributed by atoms with van der Waals surface area (Å²) in [4.78, 5) is 16.7. The van der Waals surface area contributed by atoms with Crippen LogP contribution in [0.1, 0.15) is 43.5 Å². The van der Waals surface area contributed by atoms with Crippen molar-refractivity contribution in [2.75, 3.05) is 32.8 Å². The van der Waals surface area contributed by atoms with Crippen LogP contribution in [0.2, 0.25) is 0 Å². The molecule has 0 aromatic heterocycles. The Bertz CT molecular complexity index is 525. The SMILES string of the molecule is CCN(CC)C(=O)c1ccc(OCCCN2CC[C@H]3C[C@H]32)cc1. The van der Waals surface area contributed by atoms with E-state index in [1.165, 1.54) is 19.4 Å². The second-order valence-electron chi connectivity index (χ2n) is 6.59.